The average Bonchev–Trinajstić information content (AvgIpc) is 2.55. The molecule has 0 bridgehead atoms. The number of amides is 2. The van der Waals surface area contributed by atoms with Crippen LogP contribution < -0.4 is 5.32 Å². The number of hydrogen-bond acceptors (Lipinski definition) is 3. The lowest BCUT2D eigenvalue weighted by Crippen LogP contribution is -2.45. The maximum Gasteiger partial charge on any atom is 0.313 e. The Bertz CT molecular complexity index is 576. The third kappa shape index (κ3) is 4.32. The lowest BCUT2D eigenvalue weighted by molar-refractivity contribution is -0.144. The van der Waals surface area contributed by atoms with Crippen LogP contribution in [0.25, 0.3) is 0 Å². The molecule has 1 aliphatic rings. The maximum atomic E-state index is 12.3. The summed E-state index contributed by atoms with van der Waals surface area (Å²) in [5, 5.41) is 12.3. The number of piperidine rings is 1. The number of carbonyl (C=O) groups excluding carboxylic acids is 2. The molecule has 1 aromatic rings. The SMILES string of the molecule is CCc1cc(NC(=O)C(=O)N2CCC(C(C)O)CC2)ccc1C. The Labute approximate surface area is 137 Å². The van der Waals surface area contributed by atoms with Crippen LogP contribution in [-0.4, -0.2) is 41.0 Å². The number of anilines is 1. The molecule has 2 rings (SSSR count). The van der Waals surface area contributed by atoms with Gasteiger partial charge in [0.15, 0.2) is 0 Å². The van der Waals surface area contributed by atoms with Crippen molar-refractivity contribution in [2.24, 2.45) is 5.92 Å². The topological polar surface area (TPSA) is 69.6 Å². The van der Waals surface area contributed by atoms with Crippen LogP contribution in [0.15, 0.2) is 18.2 Å². The van der Waals surface area contributed by atoms with E-state index in [0.29, 0.717) is 18.8 Å². The second-order valence-corrected chi connectivity index (χ2v) is 6.32. The molecule has 0 saturated carbocycles. The molecule has 0 spiro atoms. The Hall–Kier alpha value is -1.88. The highest BCUT2D eigenvalue weighted by Crippen LogP contribution is 2.21. The lowest BCUT2D eigenvalue weighted by Gasteiger charge is -2.32. The Morgan fingerprint density at radius 1 is 1.35 bits per heavy atom. The molecule has 1 aliphatic heterocycles. The van der Waals surface area contributed by atoms with Gasteiger partial charge in [-0.15, -0.1) is 0 Å². The molecule has 0 aromatic heterocycles. The minimum absolute atomic E-state index is 0.214. The number of aliphatic hydroxyl groups excluding tert-OH is 1. The molecule has 1 atom stereocenters. The summed E-state index contributed by atoms with van der Waals surface area (Å²) in [6.45, 7) is 6.91. The number of carbonyl (C=O) groups is 2. The van der Waals surface area contributed by atoms with Crippen LogP contribution in [0.5, 0.6) is 0 Å². The van der Waals surface area contributed by atoms with Gasteiger partial charge in [0.2, 0.25) is 0 Å². The van der Waals surface area contributed by atoms with Crippen molar-refractivity contribution in [1.82, 2.24) is 4.90 Å². The first-order valence-electron chi connectivity index (χ1n) is 8.30. The summed E-state index contributed by atoms with van der Waals surface area (Å²) < 4.78 is 0. The van der Waals surface area contributed by atoms with E-state index in [2.05, 4.69) is 12.2 Å². The Morgan fingerprint density at radius 2 is 2.00 bits per heavy atom. The van der Waals surface area contributed by atoms with E-state index in [4.69, 9.17) is 0 Å². The number of likely N-dealkylation sites (tertiary alicyclic amines) is 1. The van der Waals surface area contributed by atoms with Gasteiger partial charge in [0.05, 0.1) is 6.10 Å². The molecule has 2 amide bonds. The Balaban J connectivity index is 1.94. The van der Waals surface area contributed by atoms with Crippen LogP contribution in [0.3, 0.4) is 0 Å². The molecule has 23 heavy (non-hydrogen) atoms. The maximum absolute atomic E-state index is 12.3. The normalized spacial score (nSPS) is 17.0. The van der Waals surface area contributed by atoms with E-state index in [-0.39, 0.29) is 12.0 Å². The second-order valence-electron chi connectivity index (χ2n) is 6.32. The summed E-state index contributed by atoms with van der Waals surface area (Å²) in [7, 11) is 0. The molecule has 1 unspecified atom stereocenters. The van der Waals surface area contributed by atoms with Crippen LogP contribution in [-0.2, 0) is 16.0 Å². The highest BCUT2D eigenvalue weighted by Gasteiger charge is 2.28. The van der Waals surface area contributed by atoms with Crippen molar-refractivity contribution in [3.63, 3.8) is 0 Å². The van der Waals surface area contributed by atoms with E-state index in [9.17, 15) is 14.7 Å². The molecule has 1 saturated heterocycles. The summed E-state index contributed by atoms with van der Waals surface area (Å²) in [6.07, 6.45) is 2.00. The molecule has 1 heterocycles. The second kappa shape index (κ2) is 7.59. The number of nitrogens with zero attached hydrogens (tertiary/aromatic N) is 1. The predicted molar refractivity (Wildman–Crippen MR) is 90.2 cm³/mol. The number of rotatable bonds is 3. The van der Waals surface area contributed by atoms with E-state index < -0.39 is 11.8 Å². The third-order valence-electron chi connectivity index (χ3n) is 4.69. The first-order valence-corrected chi connectivity index (χ1v) is 8.30. The molecular weight excluding hydrogens is 292 g/mol. The molecule has 5 nitrogen and oxygen atoms in total. The summed E-state index contributed by atoms with van der Waals surface area (Å²) in [5.41, 5.74) is 3.00. The summed E-state index contributed by atoms with van der Waals surface area (Å²) in [4.78, 5) is 26.0. The fraction of sp³-hybridized carbons (Fsp3) is 0.556. The zero-order valence-electron chi connectivity index (χ0n) is 14.1. The molecule has 126 valence electrons. The summed E-state index contributed by atoms with van der Waals surface area (Å²) in [5.74, 6) is -0.870. The van der Waals surface area contributed by atoms with E-state index in [1.54, 1.807) is 11.8 Å². The number of nitrogens with one attached hydrogen (secondary N) is 1. The van der Waals surface area contributed by atoms with Crippen molar-refractivity contribution < 1.29 is 14.7 Å². The Morgan fingerprint density at radius 3 is 2.57 bits per heavy atom. The van der Waals surface area contributed by atoms with E-state index in [1.165, 1.54) is 5.56 Å². The van der Waals surface area contributed by atoms with Crippen molar-refractivity contribution in [3.8, 4) is 0 Å². The molecule has 5 heteroatoms. The van der Waals surface area contributed by atoms with Gasteiger partial charge in [-0.1, -0.05) is 13.0 Å². The van der Waals surface area contributed by atoms with Gasteiger partial charge in [-0.2, -0.15) is 0 Å². The zero-order chi connectivity index (χ0) is 17.0. The van der Waals surface area contributed by atoms with Crippen molar-refractivity contribution in [1.29, 1.82) is 0 Å². The molecule has 1 aromatic carbocycles. The van der Waals surface area contributed by atoms with Gasteiger partial charge in [0.1, 0.15) is 0 Å². The minimum atomic E-state index is -0.591. The van der Waals surface area contributed by atoms with Crippen molar-refractivity contribution in [2.75, 3.05) is 18.4 Å². The van der Waals surface area contributed by atoms with Crippen LogP contribution in [0, 0.1) is 12.8 Å². The molecule has 0 radical (unpaired) electrons. The van der Waals surface area contributed by atoms with Crippen LogP contribution in [0.4, 0.5) is 5.69 Å². The average molecular weight is 318 g/mol. The highest BCUT2D eigenvalue weighted by molar-refractivity contribution is 6.39. The van der Waals surface area contributed by atoms with Gasteiger partial charge in [-0.05, 0) is 62.3 Å². The number of aliphatic hydroxyl groups is 1. The zero-order valence-corrected chi connectivity index (χ0v) is 14.1. The first kappa shape index (κ1) is 17.5. The van der Waals surface area contributed by atoms with Gasteiger partial charge in [-0.3, -0.25) is 9.59 Å². The highest BCUT2D eigenvalue weighted by atomic mass is 16.3. The largest absolute Gasteiger partial charge is 0.393 e. The molecule has 1 fully saturated rings. The molecular formula is C18H26N2O3. The van der Waals surface area contributed by atoms with Gasteiger partial charge in [0, 0.05) is 18.8 Å². The van der Waals surface area contributed by atoms with Gasteiger partial charge >= 0.3 is 11.8 Å². The number of hydrogen-bond donors (Lipinski definition) is 2. The van der Waals surface area contributed by atoms with E-state index >= 15 is 0 Å². The first-order chi connectivity index (χ1) is 10.9. The van der Waals surface area contributed by atoms with Gasteiger partial charge in [0.25, 0.3) is 0 Å². The predicted octanol–water partition coefficient (Wildman–Crippen LogP) is 2.12. The third-order valence-corrected chi connectivity index (χ3v) is 4.69. The molecule has 2 N–H and O–H groups in total. The minimum Gasteiger partial charge on any atom is -0.393 e. The molecule has 0 aliphatic carbocycles. The van der Waals surface area contributed by atoms with Crippen LogP contribution >= 0.6 is 0 Å². The number of aryl methyl sites for hydroxylation is 2. The fourth-order valence-corrected chi connectivity index (χ4v) is 3.04. The van der Waals surface area contributed by atoms with Crippen LogP contribution in [0.1, 0.15) is 37.8 Å². The standard InChI is InChI=1S/C18H26N2O3/c1-4-14-11-16(6-5-12(14)2)19-17(22)18(23)20-9-7-15(8-10-20)13(3)21/h5-6,11,13,15,21H,4,7-10H2,1-3H3,(H,19,22). The van der Waals surface area contributed by atoms with Gasteiger partial charge in [-0.25, -0.2) is 0 Å². The van der Waals surface area contributed by atoms with Crippen LogP contribution in [0.2, 0.25) is 0 Å². The van der Waals surface area contributed by atoms with Crippen molar-refractivity contribution >= 4 is 17.5 Å². The van der Waals surface area contributed by atoms with E-state index in [0.717, 1.165) is 24.8 Å². The van der Waals surface area contributed by atoms with E-state index in [1.807, 2.05) is 25.1 Å². The Kier molecular flexibility index (Phi) is 5.77. The number of benzene rings is 1. The fourth-order valence-electron chi connectivity index (χ4n) is 3.04. The lowest BCUT2D eigenvalue weighted by atomic mass is 9.92. The summed E-state index contributed by atoms with van der Waals surface area (Å²) >= 11 is 0. The van der Waals surface area contributed by atoms with Gasteiger partial charge < -0.3 is 15.3 Å². The quantitative estimate of drug-likeness (QED) is 0.839. The van der Waals surface area contributed by atoms with Crippen molar-refractivity contribution in [2.45, 2.75) is 46.1 Å². The monoisotopic (exact) mass is 318 g/mol. The smallest absolute Gasteiger partial charge is 0.313 e. The summed E-state index contributed by atoms with van der Waals surface area (Å²) in [6, 6.07) is 5.69. The van der Waals surface area contributed by atoms with Crippen molar-refractivity contribution in [3.05, 3.63) is 29.3 Å².